The van der Waals surface area contributed by atoms with E-state index in [0.29, 0.717) is 30.0 Å². The van der Waals surface area contributed by atoms with E-state index in [1.54, 1.807) is 37.2 Å². The maximum atomic E-state index is 12.8. The van der Waals surface area contributed by atoms with Crippen molar-refractivity contribution in [3.8, 4) is 22.6 Å². The van der Waals surface area contributed by atoms with Crippen LogP contribution in [0.4, 0.5) is 0 Å². The molecule has 8 nitrogen and oxygen atoms in total. The minimum absolute atomic E-state index is 0.0373. The van der Waals surface area contributed by atoms with Crippen LogP contribution in [0.5, 0.6) is 11.5 Å². The number of thiophene rings is 1. The molecule has 0 bridgehead atoms. The number of hydrogen-bond donors (Lipinski definition) is 1. The maximum absolute atomic E-state index is 12.8. The quantitative estimate of drug-likeness (QED) is 0.562. The Morgan fingerprint density at radius 2 is 1.94 bits per heavy atom. The minimum atomic E-state index is -3.22. The smallest absolute Gasteiger partial charge is 0.259 e. The predicted octanol–water partition coefficient (Wildman–Crippen LogP) is 2.41. The lowest BCUT2D eigenvalue weighted by Gasteiger charge is -2.15. The Balaban J connectivity index is 1.67. The van der Waals surface area contributed by atoms with Gasteiger partial charge in [0.25, 0.3) is 5.56 Å². The molecule has 1 aliphatic rings. The summed E-state index contributed by atoms with van der Waals surface area (Å²) >= 11 is 1.60. The van der Waals surface area contributed by atoms with E-state index in [1.807, 2.05) is 30.5 Å². The van der Waals surface area contributed by atoms with E-state index >= 15 is 0 Å². The molecule has 0 amide bonds. The van der Waals surface area contributed by atoms with Crippen LogP contribution in [0.1, 0.15) is 11.3 Å². The fourth-order valence-electron chi connectivity index (χ4n) is 4.18. The molecule has 1 aliphatic heterocycles. The van der Waals surface area contributed by atoms with E-state index in [-0.39, 0.29) is 11.6 Å². The summed E-state index contributed by atoms with van der Waals surface area (Å²) in [5.41, 5.74) is 1.86. The highest BCUT2D eigenvalue weighted by Crippen LogP contribution is 2.37. The van der Waals surface area contributed by atoms with Crippen LogP contribution in [0.15, 0.2) is 35.3 Å². The van der Waals surface area contributed by atoms with Crippen molar-refractivity contribution in [3.05, 3.63) is 45.7 Å². The van der Waals surface area contributed by atoms with Gasteiger partial charge in [0, 0.05) is 54.1 Å². The summed E-state index contributed by atoms with van der Waals surface area (Å²) in [6.07, 6.45) is 3.82. The highest BCUT2D eigenvalue weighted by Gasteiger charge is 2.25. The summed E-state index contributed by atoms with van der Waals surface area (Å²) in [7, 11) is 1.74. The van der Waals surface area contributed by atoms with Gasteiger partial charge in [-0.1, -0.05) is 6.07 Å². The van der Waals surface area contributed by atoms with Gasteiger partial charge in [0.2, 0.25) is 10.0 Å². The third-order valence-corrected chi connectivity index (χ3v) is 7.54. The molecule has 1 aromatic carbocycles. The van der Waals surface area contributed by atoms with Crippen molar-refractivity contribution in [2.75, 3.05) is 33.6 Å². The Labute approximate surface area is 191 Å². The molecular weight excluding hydrogens is 450 g/mol. The Kier molecular flexibility index (Phi) is 6.30. The monoisotopic (exact) mass is 477 g/mol. The number of ether oxygens (including phenoxy) is 2. The first-order valence-electron chi connectivity index (χ1n) is 10.2. The number of fused-ring (bicyclic) bond motifs is 1. The van der Waals surface area contributed by atoms with Gasteiger partial charge >= 0.3 is 0 Å². The molecule has 1 unspecified atom stereocenters. The molecule has 32 heavy (non-hydrogen) atoms. The molecule has 1 N–H and O–H groups in total. The molecule has 1 atom stereocenters. The second-order valence-corrected chi connectivity index (χ2v) is 11.0. The summed E-state index contributed by atoms with van der Waals surface area (Å²) in [5.74, 6) is 1.28. The molecule has 10 heteroatoms. The molecule has 0 spiro atoms. The van der Waals surface area contributed by atoms with Crippen molar-refractivity contribution in [1.29, 1.82) is 0 Å². The van der Waals surface area contributed by atoms with E-state index < -0.39 is 10.0 Å². The number of nitrogens with one attached hydrogen (secondary N) is 1. The van der Waals surface area contributed by atoms with E-state index in [4.69, 9.17) is 9.47 Å². The van der Waals surface area contributed by atoms with Crippen LogP contribution >= 0.6 is 11.3 Å². The SMILES string of the molecule is COc1ccc(-c2cn(C)c(=O)c3cc(CN4CCC(NS(C)(=O)=O)C4)sc23)cc1OC. The van der Waals surface area contributed by atoms with Gasteiger partial charge in [0.1, 0.15) is 0 Å². The van der Waals surface area contributed by atoms with Gasteiger partial charge in [-0.05, 0) is 30.2 Å². The Hall–Kier alpha value is -2.40. The number of methoxy groups -OCH3 is 2. The van der Waals surface area contributed by atoms with Crippen molar-refractivity contribution in [1.82, 2.24) is 14.2 Å². The Morgan fingerprint density at radius 3 is 2.62 bits per heavy atom. The van der Waals surface area contributed by atoms with Gasteiger partial charge in [0.15, 0.2) is 11.5 Å². The average molecular weight is 478 g/mol. The zero-order chi connectivity index (χ0) is 23.0. The van der Waals surface area contributed by atoms with Gasteiger partial charge in [-0.3, -0.25) is 9.69 Å². The Bertz CT molecular complexity index is 1310. The first-order valence-corrected chi connectivity index (χ1v) is 12.9. The molecular formula is C22H27N3O5S2. The lowest BCUT2D eigenvalue weighted by molar-refractivity contribution is 0.327. The second-order valence-electron chi connectivity index (χ2n) is 8.09. The van der Waals surface area contributed by atoms with Crippen molar-refractivity contribution in [2.24, 2.45) is 7.05 Å². The number of likely N-dealkylation sites (tertiary alicyclic amines) is 1. The van der Waals surface area contributed by atoms with Crippen LogP contribution in [0.3, 0.4) is 0 Å². The fourth-order valence-corrected chi connectivity index (χ4v) is 6.21. The fraction of sp³-hybridized carbons (Fsp3) is 0.409. The highest BCUT2D eigenvalue weighted by atomic mass is 32.2. The zero-order valence-corrected chi connectivity index (χ0v) is 20.2. The Morgan fingerprint density at radius 1 is 1.19 bits per heavy atom. The number of benzene rings is 1. The number of aryl methyl sites for hydroxylation is 1. The first-order chi connectivity index (χ1) is 15.2. The summed E-state index contributed by atoms with van der Waals surface area (Å²) in [6, 6.07) is 7.62. The van der Waals surface area contributed by atoms with Crippen molar-refractivity contribution < 1.29 is 17.9 Å². The molecule has 0 radical (unpaired) electrons. The predicted molar refractivity (Wildman–Crippen MR) is 127 cm³/mol. The standard InChI is InChI=1S/C22H27N3O5S2/c1-24-13-18(14-5-6-19(29-2)20(9-14)30-3)21-17(22(24)26)10-16(31-21)12-25-8-7-15(11-25)23-32(4,27)28/h5-6,9-10,13,15,23H,7-8,11-12H2,1-4H3. The molecule has 172 valence electrons. The van der Waals surface area contributed by atoms with Gasteiger partial charge in [-0.15, -0.1) is 11.3 Å². The molecule has 2 aromatic heterocycles. The normalized spacial score (nSPS) is 17.2. The molecule has 0 aliphatic carbocycles. The van der Waals surface area contributed by atoms with Crippen LogP contribution in [-0.2, 0) is 23.6 Å². The van der Waals surface area contributed by atoms with Crippen LogP contribution < -0.4 is 19.8 Å². The third kappa shape index (κ3) is 4.68. The summed E-state index contributed by atoms with van der Waals surface area (Å²) in [4.78, 5) is 16.1. The maximum Gasteiger partial charge on any atom is 0.259 e. The zero-order valence-electron chi connectivity index (χ0n) is 18.5. The molecule has 4 rings (SSSR count). The van der Waals surface area contributed by atoms with Crippen LogP contribution in [-0.4, -0.2) is 57.5 Å². The second kappa shape index (κ2) is 8.86. The van der Waals surface area contributed by atoms with Gasteiger partial charge in [-0.2, -0.15) is 0 Å². The number of pyridine rings is 1. The number of rotatable bonds is 7. The number of nitrogens with zero attached hydrogens (tertiary/aromatic N) is 2. The molecule has 1 fully saturated rings. The average Bonchev–Trinajstić information content (AvgIpc) is 3.36. The van der Waals surface area contributed by atoms with Gasteiger partial charge in [-0.25, -0.2) is 13.1 Å². The van der Waals surface area contributed by atoms with E-state index in [0.717, 1.165) is 33.7 Å². The summed E-state index contributed by atoms with van der Waals surface area (Å²) < 4.78 is 39.1. The van der Waals surface area contributed by atoms with Gasteiger partial charge in [0.05, 0.1) is 25.9 Å². The topological polar surface area (TPSA) is 89.9 Å². The number of hydrogen-bond acceptors (Lipinski definition) is 7. The van der Waals surface area contributed by atoms with Crippen molar-refractivity contribution in [3.63, 3.8) is 0 Å². The number of aromatic nitrogens is 1. The molecule has 3 aromatic rings. The van der Waals surface area contributed by atoms with Gasteiger partial charge < -0.3 is 14.0 Å². The molecule has 1 saturated heterocycles. The largest absolute Gasteiger partial charge is 0.493 e. The lowest BCUT2D eigenvalue weighted by Crippen LogP contribution is -2.36. The summed E-state index contributed by atoms with van der Waals surface area (Å²) in [6.45, 7) is 2.14. The van der Waals surface area contributed by atoms with Crippen LogP contribution in [0.2, 0.25) is 0 Å². The molecule has 0 saturated carbocycles. The highest BCUT2D eigenvalue weighted by molar-refractivity contribution is 7.88. The minimum Gasteiger partial charge on any atom is -0.493 e. The van der Waals surface area contributed by atoms with Crippen LogP contribution in [0.25, 0.3) is 21.2 Å². The summed E-state index contributed by atoms with van der Waals surface area (Å²) in [5, 5.41) is 0.685. The third-order valence-electron chi connectivity index (χ3n) is 5.63. The van der Waals surface area contributed by atoms with Crippen molar-refractivity contribution >= 4 is 31.4 Å². The van der Waals surface area contributed by atoms with Crippen molar-refractivity contribution in [2.45, 2.75) is 19.0 Å². The van der Waals surface area contributed by atoms with E-state index in [9.17, 15) is 13.2 Å². The van der Waals surface area contributed by atoms with E-state index in [1.165, 1.54) is 6.26 Å². The molecule has 3 heterocycles. The number of sulfonamides is 1. The lowest BCUT2D eigenvalue weighted by atomic mass is 10.1. The van der Waals surface area contributed by atoms with Crippen LogP contribution in [0, 0.1) is 0 Å². The first kappa shape index (κ1) is 22.8. The van der Waals surface area contributed by atoms with E-state index in [2.05, 4.69) is 9.62 Å².